The zero-order valence-corrected chi connectivity index (χ0v) is 9.29. The molecular formula is C8H5NO8S. The summed E-state index contributed by atoms with van der Waals surface area (Å²) in [6.07, 6.45) is 0. The predicted molar refractivity (Wildman–Crippen MR) is 57.2 cm³/mol. The molecule has 2 N–H and O–H groups in total. The lowest BCUT2D eigenvalue weighted by Crippen LogP contribution is -2.11. The molecule has 0 atom stereocenters. The molecule has 10 heteroatoms. The lowest BCUT2D eigenvalue weighted by atomic mass is 10.0. The Hall–Kier alpha value is -2.49. The van der Waals surface area contributed by atoms with Crippen LogP contribution in [-0.2, 0) is 11.9 Å². The zero-order chi connectivity index (χ0) is 13.9. The molecule has 0 heterocycles. The number of nitro groups is 1. The van der Waals surface area contributed by atoms with E-state index in [2.05, 4.69) is 4.18 Å². The van der Waals surface area contributed by atoms with E-state index in [9.17, 15) is 23.9 Å². The van der Waals surface area contributed by atoms with Crippen LogP contribution in [0.3, 0.4) is 0 Å². The van der Waals surface area contributed by atoms with Gasteiger partial charge in [-0.15, -0.1) is 0 Å². The third-order valence-corrected chi connectivity index (χ3v) is 2.16. The molecule has 1 aromatic rings. The topological polar surface area (TPSA) is 144 Å². The average molecular weight is 275 g/mol. The highest BCUT2D eigenvalue weighted by Crippen LogP contribution is 2.29. The molecule has 0 bridgehead atoms. The van der Waals surface area contributed by atoms with Crippen LogP contribution in [0.5, 0.6) is 5.75 Å². The molecule has 0 amide bonds. The van der Waals surface area contributed by atoms with Crippen LogP contribution >= 0.6 is 0 Å². The quantitative estimate of drug-likeness (QED) is 0.393. The van der Waals surface area contributed by atoms with Gasteiger partial charge in [0.15, 0.2) is 17.5 Å². The van der Waals surface area contributed by atoms with Crippen molar-refractivity contribution in [3.8, 4) is 5.75 Å². The fourth-order valence-electron chi connectivity index (χ4n) is 1.23. The first kappa shape index (κ1) is 13.6. The molecule has 96 valence electrons. The van der Waals surface area contributed by atoms with Crippen molar-refractivity contribution < 1.29 is 33.1 Å². The van der Waals surface area contributed by atoms with E-state index < -0.39 is 45.6 Å². The molecule has 0 fully saturated rings. The molecule has 0 spiro atoms. The summed E-state index contributed by atoms with van der Waals surface area (Å²) in [5, 5.41) is 28.3. The summed E-state index contributed by atoms with van der Waals surface area (Å²) in [5.41, 5.74) is -2.75. The second-order valence-corrected chi connectivity index (χ2v) is 3.23. The highest BCUT2D eigenvalue weighted by molar-refractivity contribution is 7.60. The molecule has 0 saturated carbocycles. The van der Waals surface area contributed by atoms with E-state index >= 15 is 0 Å². The van der Waals surface area contributed by atoms with Gasteiger partial charge < -0.3 is 14.4 Å². The van der Waals surface area contributed by atoms with Gasteiger partial charge in [0, 0.05) is 0 Å². The van der Waals surface area contributed by atoms with E-state index in [-0.39, 0.29) is 5.75 Å². The normalized spacial score (nSPS) is 9.78. The van der Waals surface area contributed by atoms with Crippen molar-refractivity contribution in [3.05, 3.63) is 33.4 Å². The van der Waals surface area contributed by atoms with E-state index in [1.807, 2.05) is 0 Å². The number of nitrogens with zero attached hydrogens (tertiary/aromatic N) is 1. The zero-order valence-electron chi connectivity index (χ0n) is 8.39. The van der Waals surface area contributed by atoms with Crippen molar-refractivity contribution in [2.75, 3.05) is 0 Å². The highest BCUT2D eigenvalue weighted by Gasteiger charge is 2.29. The summed E-state index contributed by atoms with van der Waals surface area (Å²) in [6, 6.07) is 1.42. The Kier molecular flexibility index (Phi) is 3.94. The Morgan fingerprint density at radius 2 is 1.89 bits per heavy atom. The first-order chi connectivity index (χ1) is 8.38. The third-order valence-electron chi connectivity index (χ3n) is 1.87. The summed E-state index contributed by atoms with van der Waals surface area (Å²) >= 11 is -0.855. The second kappa shape index (κ2) is 5.23. The van der Waals surface area contributed by atoms with Gasteiger partial charge in [0.05, 0.1) is 16.6 Å². The minimum atomic E-state index is -1.76. The summed E-state index contributed by atoms with van der Waals surface area (Å²) in [6.45, 7) is 0. The summed E-state index contributed by atoms with van der Waals surface area (Å²) in [4.78, 5) is 31.3. The van der Waals surface area contributed by atoms with E-state index in [1.54, 1.807) is 0 Å². The van der Waals surface area contributed by atoms with Gasteiger partial charge in [-0.05, 0) is 6.07 Å². The van der Waals surface area contributed by atoms with Gasteiger partial charge in [0.1, 0.15) is 5.75 Å². The summed E-state index contributed by atoms with van der Waals surface area (Å²) in [5.74, 6) is -3.82. The van der Waals surface area contributed by atoms with E-state index in [0.717, 1.165) is 6.07 Å². The summed E-state index contributed by atoms with van der Waals surface area (Å²) in [7, 11) is 0. The Bertz CT molecular complexity index is 519. The fourth-order valence-corrected chi connectivity index (χ4v) is 1.43. The second-order valence-electron chi connectivity index (χ2n) is 2.90. The number of carbonyl (C=O) groups is 2. The monoisotopic (exact) mass is 275 g/mol. The van der Waals surface area contributed by atoms with Gasteiger partial charge in [0.25, 0.3) is 5.69 Å². The Morgan fingerprint density at radius 3 is 2.28 bits per heavy atom. The Morgan fingerprint density at radius 1 is 1.28 bits per heavy atom. The van der Waals surface area contributed by atoms with E-state index in [1.165, 1.54) is 0 Å². The standard InChI is InChI=1S/C8H5NO8S/c10-7(11)4-1-3(17-18-16)2-5(9(14)15)6(4)8(12)13/h1-2,18H,(H,10,11)(H,12,13). The largest absolute Gasteiger partial charge is 0.478 e. The smallest absolute Gasteiger partial charge is 0.343 e. The van der Waals surface area contributed by atoms with E-state index in [4.69, 9.17) is 10.2 Å². The molecule has 9 nitrogen and oxygen atoms in total. The molecule has 1 aromatic carbocycles. The van der Waals surface area contributed by atoms with Gasteiger partial charge >= 0.3 is 11.9 Å². The van der Waals surface area contributed by atoms with Crippen LogP contribution in [0.2, 0.25) is 0 Å². The SMILES string of the molecule is O=[SH]Oc1cc(C(=O)O)c(C(=O)O)c([N+](=O)[O-])c1. The summed E-state index contributed by atoms with van der Waals surface area (Å²) < 4.78 is 14.6. The third kappa shape index (κ3) is 2.60. The maximum absolute atomic E-state index is 10.8. The number of carboxylic acid groups (broad SMARTS) is 2. The number of hydrogen-bond acceptors (Lipinski definition) is 6. The highest BCUT2D eigenvalue weighted by atomic mass is 32.2. The Labute approximate surface area is 102 Å². The number of hydrogen-bond donors (Lipinski definition) is 3. The number of nitro benzene ring substituents is 1. The number of rotatable bonds is 5. The van der Waals surface area contributed by atoms with Crippen molar-refractivity contribution in [1.29, 1.82) is 0 Å². The number of aromatic carboxylic acids is 2. The minimum Gasteiger partial charge on any atom is -0.478 e. The molecule has 1 rings (SSSR count). The molecule has 0 radical (unpaired) electrons. The van der Waals surface area contributed by atoms with Crippen LogP contribution in [0.1, 0.15) is 20.7 Å². The molecule has 18 heavy (non-hydrogen) atoms. The van der Waals surface area contributed by atoms with Crippen molar-refractivity contribution in [3.63, 3.8) is 0 Å². The number of thiol groups is 1. The number of benzene rings is 1. The first-order valence-corrected chi connectivity index (χ1v) is 4.90. The molecule has 0 saturated heterocycles. The van der Waals surface area contributed by atoms with Crippen molar-refractivity contribution in [1.82, 2.24) is 0 Å². The Balaban J connectivity index is 3.64. The van der Waals surface area contributed by atoms with Crippen LogP contribution in [0.25, 0.3) is 0 Å². The van der Waals surface area contributed by atoms with Gasteiger partial charge in [-0.1, -0.05) is 0 Å². The molecule has 0 aromatic heterocycles. The van der Waals surface area contributed by atoms with Gasteiger partial charge in [0.2, 0.25) is 0 Å². The maximum Gasteiger partial charge on any atom is 0.343 e. The fraction of sp³-hybridized carbons (Fsp3) is 0. The van der Waals surface area contributed by atoms with Crippen LogP contribution in [0.4, 0.5) is 5.69 Å². The minimum absolute atomic E-state index is 0.388. The van der Waals surface area contributed by atoms with Gasteiger partial charge in [-0.2, -0.15) is 0 Å². The maximum atomic E-state index is 10.8. The van der Waals surface area contributed by atoms with E-state index in [0.29, 0.717) is 6.07 Å². The van der Waals surface area contributed by atoms with Crippen LogP contribution in [0, 0.1) is 10.1 Å². The van der Waals surface area contributed by atoms with Gasteiger partial charge in [-0.25, -0.2) is 13.8 Å². The average Bonchev–Trinajstić information content (AvgIpc) is 2.27. The molecule has 0 aliphatic carbocycles. The van der Waals surface area contributed by atoms with Crippen molar-refractivity contribution in [2.24, 2.45) is 0 Å². The van der Waals surface area contributed by atoms with Crippen LogP contribution in [-0.4, -0.2) is 31.3 Å². The molecule has 0 aliphatic rings. The molecule has 0 aliphatic heterocycles. The van der Waals surface area contributed by atoms with Crippen LogP contribution in [0.15, 0.2) is 12.1 Å². The number of carboxylic acids is 2. The predicted octanol–water partition coefficient (Wildman–Crippen LogP) is 0.230. The van der Waals surface area contributed by atoms with Crippen molar-refractivity contribution >= 4 is 29.6 Å². The van der Waals surface area contributed by atoms with Crippen LogP contribution < -0.4 is 4.18 Å². The van der Waals surface area contributed by atoms with Crippen molar-refractivity contribution in [2.45, 2.75) is 0 Å². The van der Waals surface area contributed by atoms with Gasteiger partial charge in [-0.3, -0.25) is 10.1 Å². The lowest BCUT2D eigenvalue weighted by Gasteiger charge is -2.05. The molecule has 0 unspecified atom stereocenters. The first-order valence-electron chi connectivity index (χ1n) is 4.17. The molecular weight excluding hydrogens is 270 g/mol. The lowest BCUT2D eigenvalue weighted by molar-refractivity contribution is -0.385.